The second kappa shape index (κ2) is 6.77. The quantitative estimate of drug-likeness (QED) is 0.914. The summed E-state index contributed by atoms with van der Waals surface area (Å²) in [5.74, 6) is 0.868. The molecule has 0 aliphatic carbocycles. The van der Waals surface area contributed by atoms with Crippen LogP contribution in [0.1, 0.15) is 11.1 Å². The molecule has 1 aromatic carbocycles. The van der Waals surface area contributed by atoms with E-state index in [4.69, 9.17) is 26.3 Å². The molecule has 7 heteroatoms. The number of nitrogens with one attached hydrogen (secondary N) is 1. The molecular formula is C14H13ClN4O2. The van der Waals surface area contributed by atoms with E-state index in [0.717, 1.165) is 5.69 Å². The van der Waals surface area contributed by atoms with Crippen molar-refractivity contribution in [3.05, 3.63) is 40.7 Å². The minimum atomic E-state index is 0.389. The van der Waals surface area contributed by atoms with Crippen molar-refractivity contribution in [1.82, 2.24) is 9.97 Å². The van der Waals surface area contributed by atoms with Gasteiger partial charge >= 0.3 is 0 Å². The van der Waals surface area contributed by atoms with Gasteiger partial charge in [-0.1, -0.05) is 11.6 Å². The van der Waals surface area contributed by atoms with E-state index in [1.165, 1.54) is 20.5 Å². The van der Waals surface area contributed by atoms with Gasteiger partial charge in [0, 0.05) is 5.69 Å². The van der Waals surface area contributed by atoms with Crippen LogP contribution in [0.4, 0.5) is 5.69 Å². The fourth-order valence-electron chi connectivity index (χ4n) is 1.80. The van der Waals surface area contributed by atoms with E-state index in [1.807, 2.05) is 6.07 Å². The molecule has 0 amide bonds. The van der Waals surface area contributed by atoms with E-state index in [9.17, 15) is 0 Å². The maximum Gasteiger partial charge on any atom is 0.225 e. The number of aromatic nitrogens is 2. The van der Waals surface area contributed by atoms with Gasteiger partial charge in [-0.05, 0) is 18.2 Å². The molecule has 0 saturated heterocycles. The molecule has 0 aliphatic heterocycles. The number of ether oxygens (including phenoxy) is 2. The molecule has 0 bridgehead atoms. The number of methoxy groups -OCH3 is 2. The van der Waals surface area contributed by atoms with E-state index in [1.54, 1.807) is 18.2 Å². The van der Waals surface area contributed by atoms with Gasteiger partial charge < -0.3 is 14.8 Å². The molecule has 0 saturated carbocycles. The van der Waals surface area contributed by atoms with Gasteiger partial charge in [0.2, 0.25) is 11.8 Å². The van der Waals surface area contributed by atoms with Crippen LogP contribution in [-0.2, 0) is 6.54 Å². The maximum absolute atomic E-state index is 8.97. The third-order valence-electron chi connectivity index (χ3n) is 2.81. The molecule has 0 fully saturated rings. The molecular weight excluding hydrogens is 292 g/mol. The lowest BCUT2D eigenvalue weighted by atomic mass is 10.2. The van der Waals surface area contributed by atoms with Crippen molar-refractivity contribution in [2.75, 3.05) is 19.5 Å². The molecule has 1 aromatic heterocycles. The predicted molar refractivity (Wildman–Crippen MR) is 78.6 cm³/mol. The first-order chi connectivity index (χ1) is 10.2. The molecule has 21 heavy (non-hydrogen) atoms. The first kappa shape index (κ1) is 14.9. The molecule has 0 spiro atoms. The van der Waals surface area contributed by atoms with Gasteiger partial charge in [-0.2, -0.15) is 5.26 Å². The standard InChI is InChI=1S/C14H13ClN4O2/c1-20-13-11(14(21-2)19-8-18-13)7-17-10-3-4-12(15)9(5-10)6-16/h3-5,8,17H,7H2,1-2H3. The molecule has 108 valence electrons. The summed E-state index contributed by atoms with van der Waals surface area (Å²) in [5, 5.41) is 12.6. The number of hydrogen-bond acceptors (Lipinski definition) is 6. The average Bonchev–Trinajstić information content (AvgIpc) is 2.53. The zero-order valence-electron chi connectivity index (χ0n) is 11.6. The lowest BCUT2D eigenvalue weighted by Crippen LogP contribution is -2.06. The summed E-state index contributed by atoms with van der Waals surface area (Å²) in [5.41, 5.74) is 1.85. The van der Waals surface area contributed by atoms with Crippen molar-refractivity contribution in [3.8, 4) is 17.8 Å². The number of nitriles is 1. The first-order valence-corrected chi connectivity index (χ1v) is 6.42. The Kier molecular flexibility index (Phi) is 4.80. The van der Waals surface area contributed by atoms with E-state index in [2.05, 4.69) is 15.3 Å². The Morgan fingerprint density at radius 3 is 2.48 bits per heavy atom. The smallest absolute Gasteiger partial charge is 0.225 e. The molecule has 6 nitrogen and oxygen atoms in total. The average molecular weight is 305 g/mol. The Hall–Kier alpha value is -2.52. The lowest BCUT2D eigenvalue weighted by molar-refractivity contribution is 0.363. The summed E-state index contributed by atoms with van der Waals surface area (Å²) < 4.78 is 10.4. The summed E-state index contributed by atoms with van der Waals surface area (Å²) in [6.45, 7) is 0.389. The second-order valence-electron chi connectivity index (χ2n) is 4.03. The van der Waals surface area contributed by atoms with Crippen LogP contribution in [0.25, 0.3) is 0 Å². The Balaban J connectivity index is 2.22. The number of rotatable bonds is 5. The molecule has 0 atom stereocenters. The summed E-state index contributed by atoms with van der Waals surface area (Å²) in [6.07, 6.45) is 1.37. The number of halogens is 1. The van der Waals surface area contributed by atoms with Crippen molar-refractivity contribution in [3.63, 3.8) is 0 Å². The molecule has 1 N–H and O–H groups in total. The topological polar surface area (TPSA) is 80.1 Å². The Morgan fingerprint density at radius 1 is 1.24 bits per heavy atom. The second-order valence-corrected chi connectivity index (χ2v) is 4.44. The van der Waals surface area contributed by atoms with Crippen molar-refractivity contribution >= 4 is 17.3 Å². The zero-order chi connectivity index (χ0) is 15.2. The van der Waals surface area contributed by atoms with E-state index >= 15 is 0 Å². The molecule has 2 aromatic rings. The van der Waals surface area contributed by atoms with Gasteiger partial charge in [0.1, 0.15) is 12.4 Å². The number of anilines is 1. The zero-order valence-corrected chi connectivity index (χ0v) is 12.3. The van der Waals surface area contributed by atoms with Crippen LogP contribution in [0.5, 0.6) is 11.8 Å². The molecule has 0 radical (unpaired) electrons. The van der Waals surface area contributed by atoms with Crippen molar-refractivity contribution in [2.45, 2.75) is 6.54 Å². The summed E-state index contributed by atoms with van der Waals surface area (Å²) in [6, 6.07) is 7.15. The van der Waals surface area contributed by atoms with Crippen molar-refractivity contribution < 1.29 is 9.47 Å². The minimum Gasteiger partial charge on any atom is -0.481 e. The lowest BCUT2D eigenvalue weighted by Gasteiger charge is -2.12. The third kappa shape index (κ3) is 3.33. The molecule has 0 aliphatic rings. The third-order valence-corrected chi connectivity index (χ3v) is 3.14. The highest BCUT2D eigenvalue weighted by atomic mass is 35.5. The summed E-state index contributed by atoms with van der Waals surface area (Å²) in [4.78, 5) is 8.08. The fraction of sp³-hybridized carbons (Fsp3) is 0.214. The molecule has 1 heterocycles. The van der Waals surface area contributed by atoms with Crippen LogP contribution in [-0.4, -0.2) is 24.2 Å². The number of benzene rings is 1. The highest BCUT2D eigenvalue weighted by Gasteiger charge is 2.12. The van der Waals surface area contributed by atoms with Crippen molar-refractivity contribution in [1.29, 1.82) is 5.26 Å². The van der Waals surface area contributed by atoms with Crippen LogP contribution in [0.3, 0.4) is 0 Å². The van der Waals surface area contributed by atoms with Gasteiger partial charge in [-0.15, -0.1) is 0 Å². The maximum atomic E-state index is 8.97. The van der Waals surface area contributed by atoms with Gasteiger partial charge in [0.05, 0.1) is 36.9 Å². The van der Waals surface area contributed by atoms with Crippen LogP contribution in [0, 0.1) is 11.3 Å². The fourth-order valence-corrected chi connectivity index (χ4v) is 1.96. The largest absolute Gasteiger partial charge is 0.481 e. The van der Waals surface area contributed by atoms with Gasteiger partial charge in [-0.25, -0.2) is 9.97 Å². The van der Waals surface area contributed by atoms with Crippen LogP contribution in [0.15, 0.2) is 24.5 Å². The number of nitrogens with zero attached hydrogens (tertiary/aromatic N) is 3. The predicted octanol–water partition coefficient (Wildman–Crippen LogP) is 2.63. The Labute approximate surface area is 127 Å². The van der Waals surface area contributed by atoms with E-state index < -0.39 is 0 Å². The Bertz CT molecular complexity index is 663. The summed E-state index contributed by atoms with van der Waals surface area (Å²) in [7, 11) is 3.06. The van der Waals surface area contributed by atoms with Gasteiger partial charge in [-0.3, -0.25) is 0 Å². The van der Waals surface area contributed by atoms with Crippen LogP contribution < -0.4 is 14.8 Å². The van der Waals surface area contributed by atoms with Crippen LogP contribution >= 0.6 is 11.6 Å². The normalized spacial score (nSPS) is 9.81. The van der Waals surface area contributed by atoms with E-state index in [0.29, 0.717) is 34.5 Å². The van der Waals surface area contributed by atoms with Gasteiger partial charge in [0.15, 0.2) is 0 Å². The number of hydrogen-bond donors (Lipinski definition) is 1. The minimum absolute atomic E-state index is 0.389. The van der Waals surface area contributed by atoms with Crippen molar-refractivity contribution in [2.24, 2.45) is 0 Å². The molecule has 0 unspecified atom stereocenters. The van der Waals surface area contributed by atoms with Gasteiger partial charge in [0.25, 0.3) is 0 Å². The highest BCUT2D eigenvalue weighted by Crippen LogP contribution is 2.25. The first-order valence-electron chi connectivity index (χ1n) is 6.05. The van der Waals surface area contributed by atoms with E-state index in [-0.39, 0.29) is 0 Å². The molecule has 2 rings (SSSR count). The highest BCUT2D eigenvalue weighted by molar-refractivity contribution is 6.31. The summed E-state index contributed by atoms with van der Waals surface area (Å²) >= 11 is 5.90. The SMILES string of the molecule is COc1ncnc(OC)c1CNc1ccc(Cl)c(C#N)c1. The Morgan fingerprint density at radius 2 is 1.90 bits per heavy atom. The van der Waals surface area contributed by atoms with Crippen LogP contribution in [0.2, 0.25) is 5.02 Å². The monoisotopic (exact) mass is 304 g/mol.